The Morgan fingerprint density at radius 3 is 2.95 bits per heavy atom. The highest BCUT2D eigenvalue weighted by Gasteiger charge is 2.33. The van der Waals surface area contributed by atoms with Crippen LogP contribution < -0.4 is 5.32 Å². The van der Waals surface area contributed by atoms with Crippen LogP contribution in [0.5, 0.6) is 0 Å². The second-order valence-electron chi connectivity index (χ2n) is 5.98. The highest BCUT2D eigenvalue weighted by Crippen LogP contribution is 2.35. The largest absolute Gasteiger partial charge is 0.379 e. The van der Waals surface area contributed by atoms with Crippen LogP contribution in [-0.2, 0) is 4.74 Å². The Bertz CT molecular complexity index is 618. The van der Waals surface area contributed by atoms with E-state index in [-0.39, 0.29) is 0 Å². The van der Waals surface area contributed by atoms with Crippen LogP contribution in [-0.4, -0.2) is 45.6 Å². The summed E-state index contributed by atoms with van der Waals surface area (Å²) in [5, 5.41) is 18.2. The molecular formula is C14H21N5OS. The molecule has 2 unspecified atom stereocenters. The fraction of sp³-hybridized carbons (Fsp3) is 0.786. The van der Waals surface area contributed by atoms with E-state index in [0.717, 1.165) is 35.6 Å². The topological polar surface area (TPSA) is 64.3 Å². The van der Waals surface area contributed by atoms with Crippen LogP contribution in [0, 0.1) is 0 Å². The monoisotopic (exact) mass is 307 g/mol. The number of rotatable bonds is 4. The van der Waals surface area contributed by atoms with Gasteiger partial charge >= 0.3 is 0 Å². The summed E-state index contributed by atoms with van der Waals surface area (Å²) in [5.74, 6) is 1.94. The van der Waals surface area contributed by atoms with Crippen LogP contribution in [0.1, 0.15) is 55.3 Å². The van der Waals surface area contributed by atoms with Gasteiger partial charge in [0.2, 0.25) is 4.96 Å². The lowest BCUT2D eigenvalue weighted by molar-refractivity contribution is 0.187. The predicted octanol–water partition coefficient (Wildman–Crippen LogP) is 1.94. The lowest BCUT2D eigenvalue weighted by atomic mass is 10.1. The molecule has 0 amide bonds. The van der Waals surface area contributed by atoms with Crippen LogP contribution in [0.25, 0.3) is 4.96 Å². The smallest absolute Gasteiger partial charge is 0.234 e. The average Bonchev–Trinajstić information content (AvgIpc) is 3.22. The third kappa shape index (κ3) is 2.37. The quantitative estimate of drug-likeness (QED) is 0.935. The number of ether oxygens (including phenoxy) is 1. The molecule has 0 aromatic carbocycles. The normalized spacial score (nSPS) is 27.1. The molecule has 3 heterocycles. The number of hydrogen-bond donors (Lipinski definition) is 1. The van der Waals surface area contributed by atoms with E-state index < -0.39 is 0 Å². The molecule has 2 aromatic heterocycles. The van der Waals surface area contributed by atoms with Gasteiger partial charge < -0.3 is 10.1 Å². The third-order valence-corrected chi connectivity index (χ3v) is 5.65. The minimum absolute atomic E-state index is 0.341. The van der Waals surface area contributed by atoms with Gasteiger partial charge in [0.25, 0.3) is 0 Å². The van der Waals surface area contributed by atoms with E-state index in [0.29, 0.717) is 17.9 Å². The first kappa shape index (κ1) is 13.6. The predicted molar refractivity (Wildman–Crippen MR) is 80.9 cm³/mol. The fourth-order valence-electron chi connectivity index (χ4n) is 3.50. The van der Waals surface area contributed by atoms with Gasteiger partial charge in [0.15, 0.2) is 5.82 Å². The number of nitrogens with zero attached hydrogens (tertiary/aromatic N) is 4. The van der Waals surface area contributed by atoms with E-state index >= 15 is 0 Å². The van der Waals surface area contributed by atoms with E-state index in [2.05, 4.69) is 22.4 Å². The maximum atomic E-state index is 5.64. The lowest BCUT2D eigenvalue weighted by Gasteiger charge is -2.15. The number of aromatic nitrogens is 4. The molecule has 7 heteroatoms. The van der Waals surface area contributed by atoms with E-state index in [1.807, 2.05) is 4.52 Å². The van der Waals surface area contributed by atoms with Gasteiger partial charge in [0, 0.05) is 12.0 Å². The van der Waals surface area contributed by atoms with Crippen LogP contribution in [0.4, 0.5) is 0 Å². The maximum absolute atomic E-state index is 5.64. The van der Waals surface area contributed by atoms with Crippen LogP contribution in [0.15, 0.2) is 0 Å². The summed E-state index contributed by atoms with van der Waals surface area (Å²) >= 11 is 1.66. The molecule has 1 saturated carbocycles. The van der Waals surface area contributed by atoms with Crippen molar-refractivity contribution in [3.8, 4) is 0 Å². The third-order valence-electron chi connectivity index (χ3n) is 4.61. The molecule has 21 heavy (non-hydrogen) atoms. The highest BCUT2D eigenvalue weighted by molar-refractivity contribution is 7.16. The lowest BCUT2D eigenvalue weighted by Crippen LogP contribution is -2.34. The molecule has 0 spiro atoms. The molecule has 6 nitrogen and oxygen atoms in total. The van der Waals surface area contributed by atoms with Gasteiger partial charge in [0.1, 0.15) is 5.01 Å². The van der Waals surface area contributed by atoms with Crippen molar-refractivity contribution < 1.29 is 4.74 Å². The van der Waals surface area contributed by atoms with Crippen molar-refractivity contribution in [3.63, 3.8) is 0 Å². The van der Waals surface area contributed by atoms with Crippen LogP contribution >= 0.6 is 11.3 Å². The summed E-state index contributed by atoms with van der Waals surface area (Å²) in [6, 6.07) is 0.369. The van der Waals surface area contributed by atoms with Gasteiger partial charge in [0.05, 0.1) is 19.1 Å². The Morgan fingerprint density at radius 1 is 1.29 bits per heavy atom. The zero-order valence-corrected chi connectivity index (χ0v) is 13.1. The second-order valence-corrected chi connectivity index (χ2v) is 6.97. The molecule has 4 rings (SSSR count). The Morgan fingerprint density at radius 2 is 2.14 bits per heavy atom. The summed E-state index contributed by atoms with van der Waals surface area (Å²) < 4.78 is 7.62. The summed E-state index contributed by atoms with van der Waals surface area (Å²) in [6.07, 6.45) is 5.05. The SMILES string of the molecule is CCNC1COCC1c1nn2c(C3CCCC3)nnc2s1. The summed E-state index contributed by atoms with van der Waals surface area (Å²) in [5.41, 5.74) is 0. The Balaban J connectivity index is 1.64. The van der Waals surface area contributed by atoms with Crippen molar-refractivity contribution in [2.45, 2.75) is 50.5 Å². The van der Waals surface area contributed by atoms with Crippen molar-refractivity contribution in [3.05, 3.63) is 10.8 Å². The minimum Gasteiger partial charge on any atom is -0.379 e. The molecule has 0 radical (unpaired) electrons. The molecule has 2 fully saturated rings. The Kier molecular flexibility index (Phi) is 3.64. The van der Waals surface area contributed by atoms with E-state index in [9.17, 15) is 0 Å². The molecule has 114 valence electrons. The Hall–Kier alpha value is -1.05. The zero-order valence-electron chi connectivity index (χ0n) is 12.3. The number of nitrogens with one attached hydrogen (secondary N) is 1. The van der Waals surface area contributed by atoms with Gasteiger partial charge in [-0.3, -0.25) is 0 Å². The van der Waals surface area contributed by atoms with Gasteiger partial charge in [-0.15, -0.1) is 10.2 Å². The van der Waals surface area contributed by atoms with Gasteiger partial charge in [-0.25, -0.2) is 0 Å². The van der Waals surface area contributed by atoms with Crippen molar-refractivity contribution in [1.82, 2.24) is 25.1 Å². The number of likely N-dealkylation sites (N-methyl/N-ethyl adjacent to an activating group) is 1. The average molecular weight is 307 g/mol. The Labute approximate surface area is 127 Å². The molecule has 2 aromatic rings. The zero-order chi connectivity index (χ0) is 14.2. The van der Waals surface area contributed by atoms with E-state index in [1.54, 1.807) is 11.3 Å². The highest BCUT2D eigenvalue weighted by atomic mass is 32.1. The molecule has 1 N–H and O–H groups in total. The molecule has 0 bridgehead atoms. The molecule has 2 aliphatic rings. The standard InChI is InChI=1S/C14H21N5OS/c1-2-15-11-8-20-7-10(11)13-18-19-12(9-5-3-4-6-9)16-17-14(19)21-13/h9-11,15H,2-8H2,1H3. The first-order valence-corrected chi connectivity index (χ1v) is 8.71. The molecule has 1 aliphatic heterocycles. The minimum atomic E-state index is 0.341. The van der Waals surface area contributed by atoms with Gasteiger partial charge in [-0.2, -0.15) is 9.61 Å². The van der Waals surface area contributed by atoms with Crippen molar-refractivity contribution in [2.24, 2.45) is 0 Å². The molecule has 1 aliphatic carbocycles. The number of fused-ring (bicyclic) bond motifs is 1. The first-order valence-electron chi connectivity index (χ1n) is 7.90. The van der Waals surface area contributed by atoms with Crippen molar-refractivity contribution >= 4 is 16.3 Å². The van der Waals surface area contributed by atoms with Crippen LogP contribution in [0.2, 0.25) is 0 Å². The number of hydrogen-bond acceptors (Lipinski definition) is 6. The fourth-order valence-corrected chi connectivity index (χ4v) is 4.49. The first-order chi connectivity index (χ1) is 10.4. The van der Waals surface area contributed by atoms with Gasteiger partial charge in [-0.1, -0.05) is 31.1 Å². The van der Waals surface area contributed by atoms with Crippen molar-refractivity contribution in [2.75, 3.05) is 19.8 Å². The maximum Gasteiger partial charge on any atom is 0.234 e. The summed E-state index contributed by atoms with van der Waals surface area (Å²) in [7, 11) is 0. The second kappa shape index (κ2) is 5.62. The van der Waals surface area contributed by atoms with E-state index in [1.165, 1.54) is 25.7 Å². The summed E-state index contributed by atoms with van der Waals surface area (Å²) in [6.45, 7) is 4.61. The molecular weight excluding hydrogens is 286 g/mol. The molecule has 2 atom stereocenters. The van der Waals surface area contributed by atoms with Crippen molar-refractivity contribution in [1.29, 1.82) is 0 Å². The summed E-state index contributed by atoms with van der Waals surface area (Å²) in [4.78, 5) is 0.925. The van der Waals surface area contributed by atoms with Crippen LogP contribution in [0.3, 0.4) is 0 Å². The van der Waals surface area contributed by atoms with E-state index in [4.69, 9.17) is 9.84 Å². The molecule has 1 saturated heterocycles. The van der Waals surface area contributed by atoms with Gasteiger partial charge in [-0.05, 0) is 19.4 Å².